The van der Waals surface area contributed by atoms with Crippen LogP contribution in [-0.2, 0) is 0 Å². The molecule has 0 spiro atoms. The van der Waals surface area contributed by atoms with Crippen molar-refractivity contribution in [2.45, 2.75) is 0 Å². The number of benzene rings is 2. The van der Waals surface area contributed by atoms with Crippen molar-refractivity contribution in [3.05, 3.63) is 57.6 Å². The van der Waals surface area contributed by atoms with Crippen molar-refractivity contribution in [3.63, 3.8) is 0 Å². The van der Waals surface area contributed by atoms with Gasteiger partial charge >= 0.3 is 0 Å². The third kappa shape index (κ3) is 4.00. The molecule has 25 heavy (non-hydrogen) atoms. The first-order valence-electron chi connectivity index (χ1n) is 7.34. The summed E-state index contributed by atoms with van der Waals surface area (Å²) in [5, 5.41) is 11.5. The molecule has 0 N–H and O–H groups in total. The number of hydrogen-bond donors (Lipinski definition) is 0. The fourth-order valence-corrected chi connectivity index (χ4v) is 2.35. The van der Waals surface area contributed by atoms with E-state index in [1.807, 2.05) is 0 Å². The average molecular weight is 345 g/mol. The normalized spacial score (nSPS) is 11.0. The van der Waals surface area contributed by atoms with Crippen LogP contribution in [0.5, 0.6) is 23.0 Å². The van der Waals surface area contributed by atoms with Gasteiger partial charge in [-0.05, 0) is 42.0 Å². The maximum atomic E-state index is 11.5. The molecule has 7 heteroatoms. The predicted octanol–water partition coefficient (Wildman–Crippen LogP) is 3.50. The quantitative estimate of drug-likeness (QED) is 0.434. The van der Waals surface area contributed by atoms with Gasteiger partial charge in [-0.2, -0.15) is 0 Å². The average Bonchev–Trinajstić information content (AvgIpc) is 2.64. The molecule has 0 aromatic heterocycles. The van der Waals surface area contributed by atoms with Crippen molar-refractivity contribution in [1.82, 2.24) is 0 Å². The lowest BCUT2D eigenvalue weighted by atomic mass is 10.1. The van der Waals surface area contributed by atoms with Gasteiger partial charge in [-0.25, -0.2) is 0 Å². The van der Waals surface area contributed by atoms with Crippen LogP contribution in [0.4, 0.5) is 0 Å². The maximum Gasteiger partial charge on any atom is 0.277 e. The van der Waals surface area contributed by atoms with Crippen LogP contribution in [0, 0.1) is 10.1 Å². The van der Waals surface area contributed by atoms with Gasteiger partial charge in [-0.1, -0.05) is 0 Å². The minimum absolute atomic E-state index is 0.0584. The second kappa shape index (κ2) is 8.05. The molecule has 0 bridgehead atoms. The smallest absolute Gasteiger partial charge is 0.277 e. The first-order valence-corrected chi connectivity index (χ1v) is 7.34. The summed E-state index contributed by atoms with van der Waals surface area (Å²) in [6, 6.07) is 9.89. The summed E-state index contributed by atoms with van der Waals surface area (Å²) in [6.07, 6.45) is 1.45. The topological polar surface area (TPSA) is 80.1 Å². The Morgan fingerprint density at radius 2 is 1.48 bits per heavy atom. The number of methoxy groups -OCH3 is 4. The van der Waals surface area contributed by atoms with E-state index in [-0.39, 0.29) is 5.70 Å². The SMILES string of the molecule is COc1ccc(/C(=C\c2cc(OC)c(OC)c(OC)c2)[N+](=O)[O-])cc1. The van der Waals surface area contributed by atoms with Crippen LogP contribution in [0.25, 0.3) is 11.8 Å². The van der Waals surface area contributed by atoms with E-state index >= 15 is 0 Å². The monoisotopic (exact) mass is 345 g/mol. The molecule has 0 atom stereocenters. The highest BCUT2D eigenvalue weighted by molar-refractivity contribution is 5.78. The van der Waals surface area contributed by atoms with Gasteiger partial charge in [-0.3, -0.25) is 10.1 Å². The minimum Gasteiger partial charge on any atom is -0.497 e. The molecule has 0 heterocycles. The number of nitro groups is 1. The molecule has 2 rings (SSSR count). The lowest BCUT2D eigenvalue weighted by molar-refractivity contribution is -0.374. The summed E-state index contributed by atoms with van der Waals surface area (Å²) in [5.41, 5.74) is 0.952. The first-order chi connectivity index (χ1) is 12.0. The minimum atomic E-state index is -0.439. The Hall–Kier alpha value is -3.22. The zero-order valence-electron chi connectivity index (χ0n) is 14.4. The van der Waals surface area contributed by atoms with Crippen molar-refractivity contribution in [3.8, 4) is 23.0 Å². The third-order valence-electron chi connectivity index (χ3n) is 3.57. The highest BCUT2D eigenvalue weighted by atomic mass is 16.6. The van der Waals surface area contributed by atoms with Crippen LogP contribution >= 0.6 is 0 Å². The fraction of sp³-hybridized carbons (Fsp3) is 0.222. The Kier molecular flexibility index (Phi) is 5.84. The second-order valence-electron chi connectivity index (χ2n) is 4.97. The first kappa shape index (κ1) is 18.1. The van der Waals surface area contributed by atoms with Gasteiger partial charge in [0, 0.05) is 6.08 Å². The highest BCUT2D eigenvalue weighted by Gasteiger charge is 2.17. The molecule has 0 radical (unpaired) electrons. The number of rotatable bonds is 7. The lowest BCUT2D eigenvalue weighted by Gasteiger charge is -2.13. The molecule has 0 aliphatic carbocycles. The van der Waals surface area contributed by atoms with E-state index in [1.54, 1.807) is 36.4 Å². The molecule has 0 saturated heterocycles. The van der Waals surface area contributed by atoms with Crippen LogP contribution in [0.2, 0.25) is 0 Å². The van der Waals surface area contributed by atoms with Crippen molar-refractivity contribution in [2.24, 2.45) is 0 Å². The summed E-state index contributed by atoms with van der Waals surface area (Å²) in [4.78, 5) is 11.1. The second-order valence-corrected chi connectivity index (χ2v) is 4.97. The zero-order valence-corrected chi connectivity index (χ0v) is 14.4. The van der Waals surface area contributed by atoms with Gasteiger partial charge in [0.1, 0.15) is 5.75 Å². The van der Waals surface area contributed by atoms with Gasteiger partial charge in [0.25, 0.3) is 5.70 Å². The molecule has 2 aromatic carbocycles. The summed E-state index contributed by atoms with van der Waals surface area (Å²) < 4.78 is 20.9. The Bertz CT molecular complexity index is 758. The van der Waals surface area contributed by atoms with Crippen LogP contribution < -0.4 is 18.9 Å². The van der Waals surface area contributed by atoms with E-state index in [4.69, 9.17) is 18.9 Å². The fourth-order valence-electron chi connectivity index (χ4n) is 2.35. The molecule has 0 fully saturated rings. The Balaban J connectivity index is 2.54. The van der Waals surface area contributed by atoms with E-state index in [1.165, 1.54) is 34.5 Å². The molecule has 132 valence electrons. The number of ether oxygens (including phenoxy) is 4. The van der Waals surface area contributed by atoms with Crippen LogP contribution in [0.3, 0.4) is 0 Å². The molecule has 0 aliphatic heterocycles. The van der Waals surface area contributed by atoms with Gasteiger partial charge in [0.15, 0.2) is 11.5 Å². The zero-order chi connectivity index (χ0) is 18.4. The summed E-state index contributed by atoms with van der Waals surface area (Å²) in [5.74, 6) is 1.89. The van der Waals surface area contributed by atoms with E-state index in [2.05, 4.69) is 0 Å². The molecular weight excluding hydrogens is 326 g/mol. The van der Waals surface area contributed by atoms with Gasteiger partial charge in [0.2, 0.25) is 5.75 Å². The van der Waals surface area contributed by atoms with E-state index in [9.17, 15) is 10.1 Å². The molecule has 0 aliphatic rings. The van der Waals surface area contributed by atoms with Crippen molar-refractivity contribution >= 4 is 11.8 Å². The molecule has 0 unspecified atom stereocenters. The molecule has 0 amide bonds. The predicted molar refractivity (Wildman–Crippen MR) is 94.0 cm³/mol. The van der Waals surface area contributed by atoms with Crippen molar-refractivity contribution in [1.29, 1.82) is 0 Å². The van der Waals surface area contributed by atoms with Crippen molar-refractivity contribution in [2.75, 3.05) is 28.4 Å². The van der Waals surface area contributed by atoms with Gasteiger partial charge in [-0.15, -0.1) is 0 Å². The van der Waals surface area contributed by atoms with E-state index in [0.717, 1.165) is 0 Å². The summed E-state index contributed by atoms with van der Waals surface area (Å²) >= 11 is 0. The van der Waals surface area contributed by atoms with Gasteiger partial charge in [0.05, 0.1) is 38.9 Å². The highest BCUT2D eigenvalue weighted by Crippen LogP contribution is 2.39. The van der Waals surface area contributed by atoms with E-state index < -0.39 is 4.92 Å². The number of nitrogens with zero attached hydrogens (tertiary/aromatic N) is 1. The standard InChI is InChI=1S/C18H19NO6/c1-22-14-7-5-13(6-8-14)15(19(20)21)9-12-10-16(23-2)18(25-4)17(11-12)24-3/h5-11H,1-4H3/b15-9+. The molecular formula is C18H19NO6. The Morgan fingerprint density at radius 1 is 0.920 bits per heavy atom. The maximum absolute atomic E-state index is 11.5. The molecule has 7 nitrogen and oxygen atoms in total. The Labute approximate surface area is 145 Å². The molecule has 0 saturated carbocycles. The van der Waals surface area contributed by atoms with Crippen molar-refractivity contribution < 1.29 is 23.9 Å². The summed E-state index contributed by atoms with van der Waals surface area (Å²) in [7, 11) is 6.01. The van der Waals surface area contributed by atoms with E-state index in [0.29, 0.717) is 34.1 Å². The Morgan fingerprint density at radius 3 is 1.88 bits per heavy atom. The van der Waals surface area contributed by atoms with Crippen LogP contribution in [-0.4, -0.2) is 33.4 Å². The molecule has 2 aromatic rings. The lowest BCUT2D eigenvalue weighted by Crippen LogP contribution is -1.99. The number of hydrogen-bond acceptors (Lipinski definition) is 6. The van der Waals surface area contributed by atoms with Crippen LogP contribution in [0.1, 0.15) is 11.1 Å². The summed E-state index contributed by atoms with van der Waals surface area (Å²) in [6.45, 7) is 0. The third-order valence-corrected chi connectivity index (χ3v) is 3.57. The largest absolute Gasteiger partial charge is 0.497 e. The van der Waals surface area contributed by atoms with Crippen LogP contribution in [0.15, 0.2) is 36.4 Å². The van der Waals surface area contributed by atoms with Gasteiger partial charge < -0.3 is 18.9 Å².